The summed E-state index contributed by atoms with van der Waals surface area (Å²) in [4.78, 5) is 10.2. The highest BCUT2D eigenvalue weighted by Crippen LogP contribution is 2.31. The van der Waals surface area contributed by atoms with Gasteiger partial charge in [0.2, 0.25) is 0 Å². The van der Waals surface area contributed by atoms with E-state index in [0.29, 0.717) is 21.4 Å². The minimum absolute atomic E-state index is 0.0312. The second-order valence-electron chi connectivity index (χ2n) is 4.29. The number of hydrogen-bond acceptors (Lipinski definition) is 5. The van der Waals surface area contributed by atoms with E-state index >= 15 is 0 Å². The Morgan fingerprint density at radius 1 is 1.33 bits per heavy atom. The van der Waals surface area contributed by atoms with Crippen LogP contribution in [0.2, 0.25) is 4.34 Å². The fourth-order valence-corrected chi connectivity index (χ4v) is 2.77. The highest BCUT2D eigenvalue weighted by molar-refractivity contribution is 7.14. The Kier molecular flexibility index (Phi) is 3.36. The Balaban J connectivity index is 1.98. The van der Waals surface area contributed by atoms with Crippen LogP contribution >= 0.6 is 22.9 Å². The first-order chi connectivity index (χ1) is 10.0. The van der Waals surface area contributed by atoms with Crippen molar-refractivity contribution in [2.75, 3.05) is 5.73 Å². The van der Waals surface area contributed by atoms with Gasteiger partial charge in [0.15, 0.2) is 0 Å². The summed E-state index contributed by atoms with van der Waals surface area (Å²) < 4.78 is 2.24. The number of nitrogens with zero attached hydrogens (tertiary/aromatic N) is 3. The number of hydrogen-bond donors (Lipinski definition) is 1. The summed E-state index contributed by atoms with van der Waals surface area (Å²) in [6, 6.07) is 7.89. The predicted molar refractivity (Wildman–Crippen MR) is 83.0 cm³/mol. The number of rotatable bonds is 3. The quantitative estimate of drug-likeness (QED) is 0.588. The van der Waals surface area contributed by atoms with Crippen LogP contribution in [0.4, 0.5) is 11.4 Å². The smallest absolute Gasteiger partial charge is 0.269 e. The molecule has 2 heterocycles. The summed E-state index contributed by atoms with van der Waals surface area (Å²) in [5.74, 6) is 0. The standard InChI is InChI=1S/C13H9ClN4O2S/c14-12-5-8(7-21-12)13-11(15)6-17(16-13)9-1-3-10(4-2-9)18(19)20/h1-7H,15H2. The first-order valence-corrected chi connectivity index (χ1v) is 7.15. The Hall–Kier alpha value is -2.38. The molecule has 106 valence electrons. The largest absolute Gasteiger partial charge is 0.396 e. The molecule has 0 radical (unpaired) electrons. The van der Waals surface area contributed by atoms with E-state index in [1.54, 1.807) is 29.1 Å². The molecule has 0 fully saturated rings. The van der Waals surface area contributed by atoms with Gasteiger partial charge in [-0.15, -0.1) is 11.3 Å². The summed E-state index contributed by atoms with van der Waals surface area (Å²) >= 11 is 7.32. The molecule has 0 saturated carbocycles. The first kappa shape index (κ1) is 13.6. The molecule has 2 N–H and O–H groups in total. The van der Waals surface area contributed by atoms with Gasteiger partial charge in [0.1, 0.15) is 5.69 Å². The van der Waals surface area contributed by atoms with Gasteiger partial charge in [-0.25, -0.2) is 4.68 Å². The lowest BCUT2D eigenvalue weighted by Crippen LogP contribution is -1.95. The van der Waals surface area contributed by atoms with E-state index in [-0.39, 0.29) is 5.69 Å². The van der Waals surface area contributed by atoms with E-state index in [4.69, 9.17) is 17.3 Å². The van der Waals surface area contributed by atoms with E-state index in [1.807, 2.05) is 5.38 Å². The van der Waals surface area contributed by atoms with E-state index in [0.717, 1.165) is 5.56 Å². The van der Waals surface area contributed by atoms with Crippen molar-refractivity contribution in [1.82, 2.24) is 9.78 Å². The lowest BCUT2D eigenvalue weighted by atomic mass is 10.2. The Labute approximate surface area is 128 Å². The van der Waals surface area contributed by atoms with Crippen LogP contribution in [0.5, 0.6) is 0 Å². The molecule has 0 atom stereocenters. The van der Waals surface area contributed by atoms with Crippen molar-refractivity contribution in [3.63, 3.8) is 0 Å². The van der Waals surface area contributed by atoms with Crippen LogP contribution < -0.4 is 5.73 Å². The van der Waals surface area contributed by atoms with Crippen LogP contribution in [-0.2, 0) is 0 Å². The average Bonchev–Trinajstić information content (AvgIpc) is 3.05. The van der Waals surface area contributed by atoms with Crippen LogP contribution in [0, 0.1) is 10.1 Å². The summed E-state index contributed by atoms with van der Waals surface area (Å²) in [6.45, 7) is 0. The van der Waals surface area contributed by atoms with Gasteiger partial charge in [-0.3, -0.25) is 10.1 Å². The summed E-state index contributed by atoms with van der Waals surface area (Å²) in [5, 5.41) is 16.9. The van der Waals surface area contributed by atoms with Crippen molar-refractivity contribution in [2.45, 2.75) is 0 Å². The summed E-state index contributed by atoms with van der Waals surface area (Å²) in [7, 11) is 0. The highest BCUT2D eigenvalue weighted by Gasteiger charge is 2.12. The molecule has 3 rings (SSSR count). The Bertz CT molecular complexity index is 810. The van der Waals surface area contributed by atoms with Crippen LogP contribution in [0.1, 0.15) is 0 Å². The SMILES string of the molecule is Nc1cn(-c2ccc([N+](=O)[O-])cc2)nc1-c1csc(Cl)c1. The first-order valence-electron chi connectivity index (χ1n) is 5.89. The van der Waals surface area contributed by atoms with Crippen molar-refractivity contribution < 1.29 is 4.92 Å². The molecule has 0 amide bonds. The normalized spacial score (nSPS) is 10.7. The summed E-state index contributed by atoms with van der Waals surface area (Å²) in [5.41, 5.74) is 8.70. The third-order valence-electron chi connectivity index (χ3n) is 2.91. The molecule has 1 aromatic carbocycles. The maximum Gasteiger partial charge on any atom is 0.269 e. The fraction of sp³-hybridized carbons (Fsp3) is 0. The second-order valence-corrected chi connectivity index (χ2v) is 5.83. The molecule has 0 saturated heterocycles. The average molecular weight is 321 g/mol. The lowest BCUT2D eigenvalue weighted by molar-refractivity contribution is -0.384. The fourth-order valence-electron chi connectivity index (χ4n) is 1.91. The van der Waals surface area contributed by atoms with E-state index < -0.39 is 4.92 Å². The molecule has 0 aliphatic rings. The van der Waals surface area contributed by atoms with Crippen LogP contribution in [0.25, 0.3) is 16.9 Å². The number of thiophene rings is 1. The zero-order chi connectivity index (χ0) is 15.0. The number of aromatic nitrogens is 2. The molecule has 6 nitrogen and oxygen atoms in total. The van der Waals surface area contributed by atoms with Gasteiger partial charge in [-0.2, -0.15) is 5.10 Å². The van der Waals surface area contributed by atoms with Gasteiger partial charge in [0.25, 0.3) is 5.69 Å². The second kappa shape index (κ2) is 5.19. The zero-order valence-corrected chi connectivity index (χ0v) is 12.1. The number of anilines is 1. The number of halogens is 1. The molecule has 0 spiro atoms. The third kappa shape index (κ3) is 2.61. The molecule has 0 unspecified atom stereocenters. The van der Waals surface area contributed by atoms with E-state index in [1.165, 1.54) is 23.5 Å². The molecule has 8 heteroatoms. The van der Waals surface area contributed by atoms with Crippen LogP contribution in [0.3, 0.4) is 0 Å². The predicted octanol–water partition coefficient (Wildman–Crippen LogP) is 3.74. The van der Waals surface area contributed by atoms with Gasteiger partial charge < -0.3 is 5.73 Å². The van der Waals surface area contributed by atoms with Gasteiger partial charge >= 0.3 is 0 Å². The van der Waals surface area contributed by atoms with Crippen LogP contribution in [-0.4, -0.2) is 14.7 Å². The molecule has 3 aromatic rings. The monoisotopic (exact) mass is 320 g/mol. The Morgan fingerprint density at radius 2 is 2.05 bits per heavy atom. The molecule has 0 aliphatic carbocycles. The number of non-ortho nitro benzene ring substituents is 1. The molecule has 21 heavy (non-hydrogen) atoms. The molecular formula is C13H9ClN4O2S. The van der Waals surface area contributed by atoms with Gasteiger partial charge in [-0.1, -0.05) is 11.6 Å². The minimum Gasteiger partial charge on any atom is -0.396 e. The maximum absolute atomic E-state index is 10.6. The Morgan fingerprint density at radius 3 is 2.62 bits per heavy atom. The van der Waals surface area contributed by atoms with E-state index in [2.05, 4.69) is 5.10 Å². The minimum atomic E-state index is -0.444. The van der Waals surface area contributed by atoms with Gasteiger partial charge in [0, 0.05) is 23.1 Å². The number of nitrogens with two attached hydrogens (primary N) is 1. The van der Waals surface area contributed by atoms with Gasteiger partial charge in [-0.05, 0) is 18.2 Å². The number of nitro benzene ring substituents is 1. The summed E-state index contributed by atoms with van der Waals surface area (Å²) in [6.07, 6.45) is 1.67. The van der Waals surface area contributed by atoms with E-state index in [9.17, 15) is 10.1 Å². The van der Waals surface area contributed by atoms with Gasteiger partial charge in [0.05, 0.1) is 26.8 Å². The topological polar surface area (TPSA) is 87.0 Å². The molecule has 0 bridgehead atoms. The third-order valence-corrected chi connectivity index (χ3v) is 4.00. The lowest BCUT2D eigenvalue weighted by Gasteiger charge is -2.00. The molecule has 0 aliphatic heterocycles. The highest BCUT2D eigenvalue weighted by atomic mass is 35.5. The molecular weight excluding hydrogens is 312 g/mol. The molecule has 2 aromatic heterocycles. The van der Waals surface area contributed by atoms with Crippen molar-refractivity contribution in [1.29, 1.82) is 0 Å². The van der Waals surface area contributed by atoms with Crippen molar-refractivity contribution >= 4 is 34.3 Å². The van der Waals surface area contributed by atoms with Crippen molar-refractivity contribution in [2.24, 2.45) is 0 Å². The number of benzene rings is 1. The zero-order valence-electron chi connectivity index (χ0n) is 10.6. The van der Waals surface area contributed by atoms with Crippen molar-refractivity contribution in [3.05, 3.63) is 56.4 Å². The number of nitrogen functional groups attached to an aromatic ring is 1. The van der Waals surface area contributed by atoms with Crippen LogP contribution in [0.15, 0.2) is 41.9 Å². The number of nitro groups is 1. The maximum atomic E-state index is 10.6. The van der Waals surface area contributed by atoms with Crippen molar-refractivity contribution in [3.8, 4) is 16.9 Å².